The molecule has 1 N–H and O–H groups in total. The molecular weight excluding hydrogens is 259 g/mol. The number of benzene rings is 1. The van der Waals surface area contributed by atoms with Crippen molar-refractivity contribution in [3.63, 3.8) is 0 Å². The van der Waals surface area contributed by atoms with Crippen molar-refractivity contribution in [2.24, 2.45) is 0 Å². The Kier molecular flexibility index (Phi) is 8.35. The zero-order valence-electron chi connectivity index (χ0n) is 8.65. The van der Waals surface area contributed by atoms with Crippen molar-refractivity contribution in [2.45, 2.75) is 4.90 Å². The number of hydrogen-bond donors (Lipinski definition) is 1. The van der Waals surface area contributed by atoms with Gasteiger partial charge in [0.25, 0.3) is 0 Å². The molecule has 0 aromatic heterocycles. The maximum Gasteiger partial charge on any atom is 1.00 e. The van der Waals surface area contributed by atoms with E-state index < -0.39 is 32.3 Å². The molecule has 9 heteroatoms. The molecule has 1 aromatic rings. The molecule has 1 aromatic carbocycles. The first-order valence-corrected chi connectivity index (χ1v) is 4.74. The standard InChI is InChI=1S/C7H6FNO4S.2Na/c8-4-1-2-5(7(9)10)6(3-4)14(11,12)13;;/h1-3H,(H2,9,10)(H,11,12,13);;/q;2*+1/p-2. The Morgan fingerprint density at radius 3 is 2.19 bits per heavy atom. The third kappa shape index (κ3) is 4.80. The predicted molar refractivity (Wildman–Crippen MR) is 41.2 cm³/mol. The minimum Gasteiger partial charge on any atom is -0.859 e. The van der Waals surface area contributed by atoms with E-state index in [1.165, 1.54) is 0 Å². The Morgan fingerprint density at radius 1 is 1.31 bits per heavy atom. The van der Waals surface area contributed by atoms with E-state index >= 15 is 0 Å². The maximum absolute atomic E-state index is 12.6. The monoisotopic (exact) mass is 263 g/mol. The zero-order chi connectivity index (χ0) is 10.9. The summed E-state index contributed by atoms with van der Waals surface area (Å²) < 4.78 is 44.2. The van der Waals surface area contributed by atoms with Gasteiger partial charge in [-0.3, -0.25) is 0 Å². The van der Waals surface area contributed by atoms with Gasteiger partial charge in [-0.1, -0.05) is 0 Å². The molecule has 0 amide bonds. The van der Waals surface area contributed by atoms with Crippen molar-refractivity contribution in [2.75, 3.05) is 0 Å². The second-order valence-corrected chi connectivity index (χ2v) is 3.77. The molecule has 0 heterocycles. The third-order valence-corrected chi connectivity index (χ3v) is 2.33. The van der Waals surface area contributed by atoms with Crippen LogP contribution in [0.2, 0.25) is 0 Å². The van der Waals surface area contributed by atoms with Crippen molar-refractivity contribution < 1.29 is 81.6 Å². The number of hydrogen-bond acceptors (Lipinski definition) is 5. The predicted octanol–water partition coefficient (Wildman–Crippen LogP) is -6.58. The minimum absolute atomic E-state index is 0. The van der Waals surface area contributed by atoms with Gasteiger partial charge in [0.15, 0.2) is 0 Å². The van der Waals surface area contributed by atoms with Crippen LogP contribution in [0.1, 0.15) is 5.56 Å². The van der Waals surface area contributed by atoms with Gasteiger partial charge in [-0.2, -0.15) is 0 Å². The molecule has 0 saturated heterocycles. The van der Waals surface area contributed by atoms with Crippen molar-refractivity contribution in [1.82, 2.24) is 0 Å². The first-order chi connectivity index (χ1) is 6.32. The summed E-state index contributed by atoms with van der Waals surface area (Å²) in [7, 11) is -4.93. The van der Waals surface area contributed by atoms with Gasteiger partial charge in [0.1, 0.15) is 15.9 Å². The van der Waals surface area contributed by atoms with Crippen LogP contribution in [0, 0.1) is 11.2 Å². The van der Waals surface area contributed by atoms with E-state index in [4.69, 9.17) is 5.41 Å². The van der Waals surface area contributed by atoms with E-state index in [-0.39, 0.29) is 59.1 Å². The Balaban J connectivity index is 0. The Morgan fingerprint density at radius 2 is 1.81 bits per heavy atom. The summed E-state index contributed by atoms with van der Waals surface area (Å²) in [4.78, 5) is -1.00. The van der Waals surface area contributed by atoms with Gasteiger partial charge in [-0.25, -0.2) is 12.8 Å². The molecule has 0 fully saturated rings. The second-order valence-electron chi connectivity index (χ2n) is 2.42. The minimum atomic E-state index is -4.93. The van der Waals surface area contributed by atoms with Crippen LogP contribution in [0.15, 0.2) is 23.1 Å². The van der Waals surface area contributed by atoms with Gasteiger partial charge < -0.3 is 15.1 Å². The van der Waals surface area contributed by atoms with Crippen LogP contribution in [0.25, 0.3) is 0 Å². The van der Waals surface area contributed by atoms with Crippen LogP contribution in [0.4, 0.5) is 4.39 Å². The van der Waals surface area contributed by atoms with Crippen LogP contribution in [-0.4, -0.2) is 18.9 Å². The summed E-state index contributed by atoms with van der Waals surface area (Å²) in [5, 5.41) is 17.2. The second kappa shape index (κ2) is 7.07. The fourth-order valence-corrected chi connectivity index (χ4v) is 1.58. The van der Waals surface area contributed by atoms with E-state index in [1.54, 1.807) is 0 Å². The Bertz CT molecular complexity index is 491. The maximum atomic E-state index is 12.6. The van der Waals surface area contributed by atoms with Crippen LogP contribution in [0.3, 0.4) is 0 Å². The normalized spacial score (nSPS) is 9.88. The van der Waals surface area contributed by atoms with Crippen LogP contribution in [-0.2, 0) is 10.1 Å². The molecule has 0 aliphatic heterocycles. The summed E-state index contributed by atoms with van der Waals surface area (Å²) in [6.07, 6.45) is 0. The largest absolute Gasteiger partial charge is 1.00 e. The van der Waals surface area contributed by atoms with Gasteiger partial charge in [-0.05, 0) is 24.1 Å². The van der Waals surface area contributed by atoms with E-state index in [9.17, 15) is 22.5 Å². The quantitative estimate of drug-likeness (QED) is 0.248. The van der Waals surface area contributed by atoms with Crippen molar-refractivity contribution >= 4 is 16.0 Å². The molecule has 5 nitrogen and oxygen atoms in total. The smallest absolute Gasteiger partial charge is 0.859 e. The molecule has 0 bridgehead atoms. The van der Waals surface area contributed by atoms with Crippen molar-refractivity contribution in [3.8, 4) is 0 Å². The van der Waals surface area contributed by atoms with Gasteiger partial charge in [0, 0.05) is 5.56 Å². The number of rotatable bonds is 2. The third-order valence-electron chi connectivity index (χ3n) is 1.46. The van der Waals surface area contributed by atoms with Crippen LogP contribution < -0.4 is 64.2 Å². The summed E-state index contributed by atoms with van der Waals surface area (Å²) >= 11 is 0. The summed E-state index contributed by atoms with van der Waals surface area (Å²) in [6.45, 7) is 0. The number of nitrogens with one attached hydrogen (secondary N) is 1. The topological polar surface area (TPSA) is 104 Å². The average Bonchev–Trinajstić information content (AvgIpc) is 2.01. The zero-order valence-corrected chi connectivity index (χ0v) is 13.5. The van der Waals surface area contributed by atoms with Crippen LogP contribution in [0.5, 0.6) is 0 Å². The molecular formula is C7H4FNNa2O4S. The molecule has 0 unspecified atom stereocenters. The molecule has 1 rings (SSSR count). The van der Waals surface area contributed by atoms with Gasteiger partial charge >= 0.3 is 59.1 Å². The van der Waals surface area contributed by atoms with Gasteiger partial charge in [0.05, 0.1) is 4.90 Å². The first kappa shape index (κ1) is 18.9. The summed E-state index contributed by atoms with van der Waals surface area (Å²) in [6, 6.07) is 2.01. The SMILES string of the molecule is N=C([O-])c1ccc(F)cc1S(=O)(=O)[O-].[Na+].[Na+]. The average molecular weight is 263 g/mol. The molecule has 0 radical (unpaired) electrons. The Hall–Kier alpha value is 0.530. The van der Waals surface area contributed by atoms with Crippen molar-refractivity contribution in [1.29, 1.82) is 5.41 Å². The summed E-state index contributed by atoms with van der Waals surface area (Å²) in [5.74, 6) is -2.30. The molecule has 0 spiro atoms. The van der Waals surface area contributed by atoms with Crippen molar-refractivity contribution in [3.05, 3.63) is 29.6 Å². The first-order valence-electron chi connectivity index (χ1n) is 3.34. The van der Waals surface area contributed by atoms with Gasteiger partial charge in [0.2, 0.25) is 0 Å². The van der Waals surface area contributed by atoms with Gasteiger partial charge in [-0.15, -0.1) is 0 Å². The number of halogens is 1. The Labute approximate surface area is 136 Å². The molecule has 0 saturated carbocycles. The molecule has 0 aliphatic rings. The van der Waals surface area contributed by atoms with E-state index in [0.29, 0.717) is 6.07 Å². The van der Waals surface area contributed by atoms with E-state index in [2.05, 4.69) is 0 Å². The molecule has 0 atom stereocenters. The van der Waals surface area contributed by atoms with E-state index in [1.807, 2.05) is 0 Å². The van der Waals surface area contributed by atoms with Crippen LogP contribution >= 0.6 is 0 Å². The summed E-state index contributed by atoms with van der Waals surface area (Å²) in [5.41, 5.74) is -0.624. The molecule has 0 aliphatic carbocycles. The fraction of sp³-hybridized carbons (Fsp3) is 0. The van der Waals surface area contributed by atoms with E-state index in [0.717, 1.165) is 12.1 Å². The molecule has 76 valence electrons. The molecule has 16 heavy (non-hydrogen) atoms. The fourth-order valence-electron chi connectivity index (χ4n) is 0.891.